The van der Waals surface area contributed by atoms with E-state index in [0.29, 0.717) is 19.3 Å². The molecule has 0 saturated carbocycles. The first kappa shape index (κ1) is 20.4. The molecule has 0 N–H and O–H groups in total. The molecule has 0 aromatic rings. The molecule has 0 aliphatic rings. The highest BCUT2D eigenvalue weighted by Crippen LogP contribution is 2.09. The Morgan fingerprint density at radius 3 is 2.41 bits per heavy atom. The van der Waals surface area contributed by atoms with Crippen molar-refractivity contribution in [1.29, 1.82) is 0 Å². The molecule has 22 heavy (non-hydrogen) atoms. The first-order valence-electron chi connectivity index (χ1n) is 7.22. The minimum absolute atomic E-state index is 0.0117. The quantitative estimate of drug-likeness (QED) is 0.547. The number of carbonyl (C=O) groups excluding carboxylic acids is 2. The molecule has 0 fully saturated rings. The molecule has 0 bridgehead atoms. The molecule has 0 aliphatic carbocycles. The molecular formula is C17H25NO4. The van der Waals surface area contributed by atoms with Gasteiger partial charge in [-0.1, -0.05) is 24.3 Å². The Hall–Kier alpha value is -1.62. The van der Waals surface area contributed by atoms with Crippen molar-refractivity contribution in [3.8, 4) is 0 Å². The number of carbonyl (C=O) groups is 2. The lowest BCUT2D eigenvalue weighted by molar-refractivity contribution is -0.154. The zero-order valence-corrected chi connectivity index (χ0v) is 13.4. The Kier molecular flexibility index (Phi) is 12.1. The molecule has 0 spiro atoms. The van der Waals surface area contributed by atoms with Crippen molar-refractivity contribution in [3.05, 3.63) is 38.2 Å². The normalized spacial score (nSPS) is 13.0. The van der Waals surface area contributed by atoms with Crippen LogP contribution in [0.4, 0.5) is 0 Å². The summed E-state index contributed by atoms with van der Waals surface area (Å²) in [4.78, 5) is 25.4. The van der Waals surface area contributed by atoms with Crippen LogP contribution in [0.25, 0.3) is 0 Å². The van der Waals surface area contributed by atoms with E-state index in [0.717, 1.165) is 6.54 Å². The van der Waals surface area contributed by atoms with Gasteiger partial charge in [0.05, 0.1) is 6.42 Å². The lowest BCUT2D eigenvalue weighted by Gasteiger charge is -2.16. The van der Waals surface area contributed by atoms with Crippen molar-refractivity contribution < 1.29 is 19.1 Å². The zero-order valence-electron chi connectivity index (χ0n) is 13.4. The molecule has 0 amide bonds. The first-order chi connectivity index (χ1) is 10.5. The van der Waals surface area contributed by atoms with E-state index in [4.69, 9.17) is 23.3 Å². The minimum Gasteiger partial charge on any atom is -0.461 e. The van der Waals surface area contributed by atoms with Crippen molar-refractivity contribution in [2.75, 3.05) is 27.2 Å². The third kappa shape index (κ3) is 12.1. The van der Waals surface area contributed by atoms with Gasteiger partial charge in [-0.2, -0.15) is 0 Å². The highest BCUT2D eigenvalue weighted by molar-refractivity contribution is 5.72. The van der Waals surface area contributed by atoms with Gasteiger partial charge in [0.1, 0.15) is 12.7 Å². The van der Waals surface area contributed by atoms with E-state index in [-0.39, 0.29) is 19.0 Å². The van der Waals surface area contributed by atoms with Gasteiger partial charge in [0.25, 0.3) is 0 Å². The van der Waals surface area contributed by atoms with Crippen LogP contribution in [-0.2, 0) is 19.1 Å². The summed E-state index contributed by atoms with van der Waals surface area (Å²) in [7, 11) is 3.87. The summed E-state index contributed by atoms with van der Waals surface area (Å²) in [6.45, 7) is 11.3. The van der Waals surface area contributed by atoms with E-state index in [2.05, 4.69) is 0 Å². The summed E-state index contributed by atoms with van der Waals surface area (Å²) in [5.74, 6) is -0.776. The van der Waals surface area contributed by atoms with Crippen LogP contribution in [0.2, 0.25) is 0 Å². The maximum atomic E-state index is 11.8. The summed E-state index contributed by atoms with van der Waals surface area (Å²) in [5, 5.41) is 0. The Bertz CT molecular complexity index is 375. The lowest BCUT2D eigenvalue weighted by atomic mass is 10.1. The topological polar surface area (TPSA) is 55.8 Å². The number of nitrogens with zero attached hydrogens (tertiary/aromatic N) is 1. The largest absolute Gasteiger partial charge is 0.461 e. The molecule has 5 nitrogen and oxygen atoms in total. The van der Waals surface area contributed by atoms with E-state index in [1.54, 1.807) is 6.08 Å². The Morgan fingerprint density at radius 1 is 1.14 bits per heavy atom. The van der Waals surface area contributed by atoms with Crippen LogP contribution in [0.1, 0.15) is 25.7 Å². The molecule has 0 rings (SSSR count). The van der Waals surface area contributed by atoms with Crippen molar-refractivity contribution in [3.63, 3.8) is 0 Å². The Balaban J connectivity index is 4.25. The van der Waals surface area contributed by atoms with Crippen LogP contribution < -0.4 is 0 Å². The minimum atomic E-state index is -0.569. The molecule has 0 saturated heterocycles. The number of hydrogen-bond acceptors (Lipinski definition) is 5. The van der Waals surface area contributed by atoms with Gasteiger partial charge < -0.3 is 14.4 Å². The van der Waals surface area contributed by atoms with Crippen LogP contribution in [0.3, 0.4) is 0 Å². The predicted molar refractivity (Wildman–Crippen MR) is 84.7 cm³/mol. The van der Waals surface area contributed by atoms with Gasteiger partial charge in [0, 0.05) is 12.8 Å². The average Bonchev–Trinajstić information content (AvgIpc) is 2.44. The fourth-order valence-electron chi connectivity index (χ4n) is 1.63. The number of rotatable bonds is 11. The van der Waals surface area contributed by atoms with Crippen molar-refractivity contribution in [2.45, 2.75) is 31.8 Å². The van der Waals surface area contributed by atoms with Crippen LogP contribution in [0.15, 0.2) is 24.3 Å². The lowest BCUT2D eigenvalue weighted by Crippen LogP contribution is -2.23. The standard InChI is InChI=1S/C17H25NO4/c1-5-7-10-15(14-17(20)21-13-8-6-2)22-16(19)11-9-12-18(3)4/h1-2,5-8,15H,9-14H2,3-4H3/b7-5-,8-6+. The second-order valence-electron chi connectivity index (χ2n) is 5.00. The third-order valence-electron chi connectivity index (χ3n) is 2.69. The average molecular weight is 307 g/mol. The zero-order chi connectivity index (χ0) is 16.8. The van der Waals surface area contributed by atoms with E-state index in [9.17, 15) is 9.59 Å². The van der Waals surface area contributed by atoms with E-state index in [1.807, 2.05) is 19.0 Å². The van der Waals surface area contributed by atoms with Crippen molar-refractivity contribution in [2.24, 2.45) is 0 Å². The summed E-state index contributed by atoms with van der Waals surface area (Å²) in [6.07, 6.45) is 6.62. The summed E-state index contributed by atoms with van der Waals surface area (Å²) in [5.41, 5.74) is 0. The second-order valence-corrected chi connectivity index (χ2v) is 5.00. The number of ether oxygens (including phenoxy) is 2. The number of allylic oxidation sites excluding steroid dienone is 2. The number of hydrogen-bond donors (Lipinski definition) is 0. The maximum Gasteiger partial charge on any atom is 0.309 e. The van der Waals surface area contributed by atoms with E-state index < -0.39 is 12.1 Å². The van der Waals surface area contributed by atoms with Crippen molar-refractivity contribution >= 4 is 11.9 Å². The summed E-state index contributed by atoms with van der Waals surface area (Å²) < 4.78 is 10.2. The van der Waals surface area contributed by atoms with Crippen LogP contribution in [0, 0.1) is 13.8 Å². The van der Waals surface area contributed by atoms with Gasteiger partial charge in [-0.15, -0.1) is 0 Å². The van der Waals surface area contributed by atoms with Crippen LogP contribution in [-0.4, -0.2) is 50.2 Å². The monoisotopic (exact) mass is 307 g/mol. The Labute approximate surface area is 134 Å². The summed E-state index contributed by atoms with van der Waals surface area (Å²) >= 11 is 0. The van der Waals surface area contributed by atoms with Gasteiger partial charge in [-0.3, -0.25) is 9.59 Å². The van der Waals surface area contributed by atoms with Gasteiger partial charge in [0.2, 0.25) is 0 Å². The van der Waals surface area contributed by atoms with Gasteiger partial charge in [-0.05, 0) is 40.9 Å². The predicted octanol–water partition coefficient (Wildman–Crippen LogP) is 2.10. The molecule has 0 aliphatic heterocycles. The van der Waals surface area contributed by atoms with Gasteiger partial charge in [-0.25, -0.2) is 0 Å². The molecule has 0 aromatic carbocycles. The fourth-order valence-corrected chi connectivity index (χ4v) is 1.63. The van der Waals surface area contributed by atoms with Crippen LogP contribution in [0.5, 0.6) is 0 Å². The van der Waals surface area contributed by atoms with Crippen molar-refractivity contribution in [1.82, 2.24) is 4.90 Å². The Morgan fingerprint density at radius 2 is 1.82 bits per heavy atom. The molecule has 0 heterocycles. The highest BCUT2D eigenvalue weighted by Gasteiger charge is 2.18. The molecule has 1 atom stereocenters. The first-order valence-corrected chi connectivity index (χ1v) is 7.22. The number of esters is 2. The second kappa shape index (κ2) is 13.1. The third-order valence-corrected chi connectivity index (χ3v) is 2.69. The SMILES string of the molecule is [CH]/C=C\CC(CC(=O)OC/C=C/[CH])OC(=O)CCCN(C)C. The highest BCUT2D eigenvalue weighted by atomic mass is 16.6. The molecule has 1 unspecified atom stereocenters. The molecule has 122 valence electrons. The van der Waals surface area contributed by atoms with E-state index in [1.165, 1.54) is 18.2 Å². The van der Waals surface area contributed by atoms with Gasteiger partial charge in [0.15, 0.2) is 0 Å². The smallest absolute Gasteiger partial charge is 0.309 e. The van der Waals surface area contributed by atoms with E-state index >= 15 is 0 Å². The van der Waals surface area contributed by atoms with Crippen LogP contribution >= 0.6 is 0 Å². The molecule has 4 radical (unpaired) electrons. The molecular weight excluding hydrogens is 282 g/mol. The van der Waals surface area contributed by atoms with Gasteiger partial charge >= 0.3 is 11.9 Å². The fraction of sp³-hybridized carbons (Fsp3) is 0.529. The maximum absolute atomic E-state index is 11.8. The molecule has 5 heteroatoms. The molecule has 0 aromatic heterocycles. The summed E-state index contributed by atoms with van der Waals surface area (Å²) in [6, 6.07) is 0.